The topological polar surface area (TPSA) is 70.4 Å². The number of halogens is 1. The van der Waals surface area contributed by atoms with E-state index in [0.717, 1.165) is 30.1 Å². The van der Waals surface area contributed by atoms with Crippen LogP contribution in [0.25, 0.3) is 0 Å². The lowest BCUT2D eigenvalue weighted by Crippen LogP contribution is -2.46. The van der Waals surface area contributed by atoms with Crippen molar-refractivity contribution in [1.82, 2.24) is 19.4 Å². The number of thiophene rings is 1. The molecular weight excluding hydrogens is 493 g/mol. The first kappa shape index (κ1) is 25.3. The summed E-state index contributed by atoms with van der Waals surface area (Å²) in [5, 5.41) is 8.05. The number of hydrazone groups is 1. The second-order valence-corrected chi connectivity index (χ2v) is 10.2. The Morgan fingerprint density at radius 1 is 1.14 bits per heavy atom. The molecule has 3 aromatic rings. The highest BCUT2D eigenvalue weighted by atomic mass is 32.1. The third-order valence-corrected chi connectivity index (χ3v) is 7.65. The van der Waals surface area contributed by atoms with Crippen molar-refractivity contribution in [2.45, 2.75) is 12.5 Å². The van der Waals surface area contributed by atoms with Crippen LogP contribution < -0.4 is 0 Å². The first-order chi connectivity index (χ1) is 18.0. The molecule has 37 heavy (non-hydrogen) atoms. The number of rotatable bonds is 8. The van der Waals surface area contributed by atoms with Crippen LogP contribution in [0.2, 0.25) is 0 Å². The minimum Gasteiger partial charge on any atom is -0.379 e. The summed E-state index contributed by atoms with van der Waals surface area (Å²) < 4.78 is 21.0. The van der Waals surface area contributed by atoms with Crippen molar-refractivity contribution >= 4 is 28.9 Å². The highest BCUT2D eigenvalue weighted by molar-refractivity contribution is 7.12. The van der Waals surface area contributed by atoms with E-state index in [1.165, 1.54) is 28.5 Å². The van der Waals surface area contributed by atoms with Crippen molar-refractivity contribution in [3.63, 3.8) is 0 Å². The Morgan fingerprint density at radius 2 is 1.92 bits per heavy atom. The van der Waals surface area contributed by atoms with Gasteiger partial charge in [0, 0.05) is 45.8 Å². The number of amides is 2. The fraction of sp³-hybridized carbons (Fsp3) is 0.370. The molecule has 0 unspecified atom stereocenters. The van der Waals surface area contributed by atoms with Gasteiger partial charge in [-0.3, -0.25) is 14.5 Å². The van der Waals surface area contributed by atoms with Gasteiger partial charge in [0.15, 0.2) is 0 Å². The van der Waals surface area contributed by atoms with Crippen molar-refractivity contribution in [1.29, 1.82) is 0 Å². The number of carbonyl (C=O) groups excluding carboxylic acids is 2. The number of ether oxygens (including phenoxy) is 1. The number of morpholine rings is 1. The van der Waals surface area contributed by atoms with E-state index in [-0.39, 0.29) is 30.2 Å². The Balaban J connectivity index is 1.39. The van der Waals surface area contributed by atoms with Crippen LogP contribution in [-0.4, -0.2) is 82.8 Å². The Bertz CT molecular complexity index is 1250. The summed E-state index contributed by atoms with van der Waals surface area (Å²) in [7, 11) is 1.93. The third-order valence-electron chi connectivity index (χ3n) is 6.80. The molecule has 2 amide bonds. The van der Waals surface area contributed by atoms with E-state index in [1.54, 1.807) is 23.1 Å². The van der Waals surface area contributed by atoms with Gasteiger partial charge in [0.2, 0.25) is 0 Å². The predicted molar refractivity (Wildman–Crippen MR) is 140 cm³/mol. The lowest BCUT2D eigenvalue weighted by atomic mass is 10.0. The van der Waals surface area contributed by atoms with Crippen molar-refractivity contribution in [2.24, 2.45) is 12.1 Å². The number of carbonyl (C=O) groups is 2. The van der Waals surface area contributed by atoms with Gasteiger partial charge in [-0.1, -0.05) is 18.2 Å². The largest absolute Gasteiger partial charge is 0.379 e. The van der Waals surface area contributed by atoms with E-state index in [0.29, 0.717) is 37.6 Å². The minimum absolute atomic E-state index is 0.0946. The van der Waals surface area contributed by atoms with Crippen LogP contribution in [0.1, 0.15) is 33.4 Å². The quantitative estimate of drug-likeness (QED) is 0.454. The molecule has 1 saturated heterocycles. The van der Waals surface area contributed by atoms with Crippen LogP contribution in [0, 0.1) is 5.82 Å². The molecule has 194 valence electrons. The van der Waals surface area contributed by atoms with Crippen LogP contribution in [0.5, 0.6) is 0 Å². The number of hydrogen-bond acceptors (Lipinski definition) is 6. The number of aryl methyl sites for hydroxylation is 1. The van der Waals surface area contributed by atoms with Crippen molar-refractivity contribution in [2.75, 3.05) is 45.9 Å². The van der Waals surface area contributed by atoms with Gasteiger partial charge in [-0.2, -0.15) is 5.10 Å². The lowest BCUT2D eigenvalue weighted by molar-refractivity contribution is -0.133. The second-order valence-electron chi connectivity index (χ2n) is 9.22. The van der Waals surface area contributed by atoms with Crippen molar-refractivity contribution in [3.8, 4) is 0 Å². The van der Waals surface area contributed by atoms with Gasteiger partial charge in [-0.25, -0.2) is 9.40 Å². The monoisotopic (exact) mass is 523 g/mol. The average Bonchev–Trinajstić information content (AvgIpc) is 3.68. The van der Waals surface area contributed by atoms with Gasteiger partial charge in [0.05, 0.1) is 35.5 Å². The first-order valence-corrected chi connectivity index (χ1v) is 13.3. The zero-order valence-corrected chi connectivity index (χ0v) is 21.6. The van der Waals surface area contributed by atoms with Gasteiger partial charge in [-0.15, -0.1) is 11.3 Å². The molecule has 0 aliphatic carbocycles. The molecule has 10 heteroatoms. The molecule has 0 spiro atoms. The van der Waals surface area contributed by atoms with E-state index < -0.39 is 0 Å². The summed E-state index contributed by atoms with van der Waals surface area (Å²) in [4.78, 5) is 31.6. The van der Waals surface area contributed by atoms with Gasteiger partial charge in [0.1, 0.15) is 12.4 Å². The van der Waals surface area contributed by atoms with Gasteiger partial charge < -0.3 is 14.2 Å². The predicted octanol–water partition coefficient (Wildman–Crippen LogP) is 3.38. The third kappa shape index (κ3) is 5.82. The maximum Gasteiger partial charge on any atom is 0.264 e. The van der Waals surface area contributed by atoms with Crippen LogP contribution >= 0.6 is 11.3 Å². The molecule has 1 atom stereocenters. The molecule has 2 aromatic heterocycles. The maximum atomic E-state index is 13.7. The molecule has 5 rings (SSSR count). The molecule has 4 heterocycles. The summed E-state index contributed by atoms with van der Waals surface area (Å²) in [6.07, 6.45) is 2.43. The molecule has 2 aliphatic rings. The first-order valence-electron chi connectivity index (χ1n) is 12.4. The molecule has 0 radical (unpaired) electrons. The van der Waals surface area contributed by atoms with E-state index in [2.05, 4.69) is 4.90 Å². The van der Waals surface area contributed by atoms with Crippen LogP contribution in [0.3, 0.4) is 0 Å². The molecule has 1 aromatic carbocycles. The molecule has 1 fully saturated rings. The fourth-order valence-corrected chi connectivity index (χ4v) is 5.42. The van der Waals surface area contributed by atoms with Gasteiger partial charge >= 0.3 is 0 Å². The standard InChI is InChI=1S/C27H30FN5O3S/c1-30-10-2-4-23(30)22-18-24(20-6-8-21(28)9-7-20)33(29-22)26(34)19-32(27(35)25-5-3-17-37-25)12-11-31-13-15-36-16-14-31/h2-10,17,24H,11-16,18-19H2,1H3/t24-/m0/s1. The summed E-state index contributed by atoms with van der Waals surface area (Å²) >= 11 is 1.36. The van der Waals surface area contributed by atoms with E-state index in [9.17, 15) is 14.0 Å². The number of nitrogens with zero attached hydrogens (tertiary/aromatic N) is 5. The molecule has 0 N–H and O–H groups in total. The SMILES string of the molecule is Cn1cccc1C1=NN(C(=O)CN(CCN2CCOCC2)C(=O)c2cccs2)[C@H](c2ccc(F)cc2)C1. The zero-order chi connectivity index (χ0) is 25.8. The van der Waals surface area contributed by atoms with E-state index in [4.69, 9.17) is 9.84 Å². The maximum absolute atomic E-state index is 13.7. The zero-order valence-electron chi connectivity index (χ0n) is 20.8. The number of aromatic nitrogens is 1. The summed E-state index contributed by atoms with van der Waals surface area (Å²) in [5.74, 6) is -0.773. The average molecular weight is 524 g/mol. The fourth-order valence-electron chi connectivity index (χ4n) is 4.73. The Morgan fingerprint density at radius 3 is 2.59 bits per heavy atom. The Hall–Kier alpha value is -3.34. The van der Waals surface area contributed by atoms with Gasteiger partial charge in [-0.05, 0) is 41.3 Å². The molecule has 8 nitrogen and oxygen atoms in total. The lowest BCUT2D eigenvalue weighted by Gasteiger charge is -2.31. The van der Waals surface area contributed by atoms with Gasteiger partial charge in [0.25, 0.3) is 11.8 Å². The van der Waals surface area contributed by atoms with E-state index in [1.807, 2.05) is 41.4 Å². The number of hydrogen-bond donors (Lipinski definition) is 0. The second kappa shape index (κ2) is 11.4. The highest BCUT2D eigenvalue weighted by Crippen LogP contribution is 2.33. The normalized spacial score (nSPS) is 18.2. The highest BCUT2D eigenvalue weighted by Gasteiger charge is 2.35. The van der Waals surface area contributed by atoms with Crippen LogP contribution in [-0.2, 0) is 16.6 Å². The molecule has 0 saturated carbocycles. The van der Waals surface area contributed by atoms with Crippen molar-refractivity contribution < 1.29 is 18.7 Å². The summed E-state index contributed by atoms with van der Waals surface area (Å²) in [6.45, 7) is 3.93. The molecule has 0 bridgehead atoms. The molecule has 2 aliphatic heterocycles. The minimum atomic E-state index is -0.379. The van der Waals surface area contributed by atoms with Crippen LogP contribution in [0.4, 0.5) is 4.39 Å². The van der Waals surface area contributed by atoms with E-state index >= 15 is 0 Å². The van der Waals surface area contributed by atoms with Crippen LogP contribution in [0.15, 0.2) is 65.2 Å². The number of benzene rings is 1. The smallest absolute Gasteiger partial charge is 0.264 e. The summed E-state index contributed by atoms with van der Waals surface area (Å²) in [5.41, 5.74) is 2.49. The summed E-state index contributed by atoms with van der Waals surface area (Å²) in [6, 6.07) is 13.3. The molecular formula is C27H30FN5O3S. The Kier molecular flexibility index (Phi) is 7.78. The Labute approximate surface area is 219 Å². The van der Waals surface area contributed by atoms with Crippen molar-refractivity contribution in [3.05, 3.63) is 82.1 Å².